The van der Waals surface area contributed by atoms with Crippen LogP contribution in [-0.4, -0.2) is 107 Å². The molecule has 1 amide bonds. The van der Waals surface area contributed by atoms with E-state index in [2.05, 4.69) is 0 Å². The van der Waals surface area contributed by atoms with Gasteiger partial charge in [0.05, 0.1) is 39.8 Å². The topological polar surface area (TPSA) is 144 Å². The Hall–Kier alpha value is -1.64. The molecule has 0 radical (unpaired) electrons. The SMILES string of the molecule is C.C.C.CC1(C)C=C(C(N)=O)C(C)(C)N1O.CC1(C)C=C(OCC2CO2)C(C)(C)N1O.CC1(C)C=C(OCC2CS2)C(C)(C)N1O. The molecule has 5 aliphatic rings. The molecule has 2 unspecified atom stereocenters. The highest BCUT2D eigenvalue weighted by Gasteiger charge is 2.49. The lowest BCUT2D eigenvalue weighted by molar-refractivity contribution is -0.192. The van der Waals surface area contributed by atoms with E-state index in [1.165, 1.54) is 15.9 Å². The number of hydrogen-bond donors (Lipinski definition) is 4. The Morgan fingerprint density at radius 3 is 1.35 bits per heavy atom. The number of carbonyl (C=O) groups excluding carboxylic acids is 1. The van der Waals surface area contributed by atoms with Gasteiger partial charge < -0.3 is 35.6 Å². The van der Waals surface area contributed by atoms with E-state index in [0.29, 0.717) is 17.4 Å². The van der Waals surface area contributed by atoms with Crippen LogP contribution in [0.2, 0.25) is 0 Å². The van der Waals surface area contributed by atoms with Crippen LogP contribution < -0.4 is 5.73 Å². The van der Waals surface area contributed by atoms with E-state index in [0.717, 1.165) is 29.8 Å². The number of primary amides is 1. The summed E-state index contributed by atoms with van der Waals surface area (Å²) in [6, 6.07) is 0. The second kappa shape index (κ2) is 14.9. The maximum atomic E-state index is 11.1. The predicted molar refractivity (Wildman–Crippen MR) is 187 cm³/mol. The molecule has 0 saturated carbocycles. The first-order chi connectivity index (χ1) is 19.4. The minimum Gasteiger partial charge on any atom is -0.495 e. The Bertz CT molecular complexity index is 1090. The molecule has 5 N–H and O–H groups in total. The summed E-state index contributed by atoms with van der Waals surface area (Å²) in [7, 11) is 0. The van der Waals surface area contributed by atoms with Gasteiger partial charge in [-0.15, -0.1) is 0 Å². The van der Waals surface area contributed by atoms with Gasteiger partial charge in [-0.05, 0) is 95.2 Å². The molecular weight excluding hydrogens is 608 g/mol. The van der Waals surface area contributed by atoms with Gasteiger partial charge in [-0.25, -0.2) is 0 Å². The Morgan fingerprint density at radius 1 is 0.761 bits per heavy atom. The fraction of sp³-hybridized carbons (Fsp3) is 0.794. The summed E-state index contributed by atoms with van der Waals surface area (Å²) in [5.41, 5.74) is 2.85. The first-order valence-electron chi connectivity index (χ1n) is 14.8. The van der Waals surface area contributed by atoms with Crippen molar-refractivity contribution in [3.63, 3.8) is 0 Å². The van der Waals surface area contributed by atoms with E-state index < -0.39 is 28.1 Å². The Kier molecular flexibility index (Phi) is 14.3. The van der Waals surface area contributed by atoms with Crippen LogP contribution in [0, 0.1) is 0 Å². The predicted octanol–water partition coefficient (Wildman–Crippen LogP) is 6.38. The standard InChI is InChI=1S/C11H19NO3.C11H19NO2S.C9H16N2O2.3CH4/c1-10(2)5-9(11(3,4)12(10)13)15-7-8-6-14-8;1-10(2)5-9(11(3,4)12(10)13)14-6-8-7-15-8;1-8(2)5-6(7(10)12)9(3,4)11(8)13;;;/h2*5,8,13H,6-7H2,1-4H3;5,13H,1-4H3,(H2,10,12);3*1H4. The molecule has 5 aliphatic heterocycles. The second-order valence-electron chi connectivity index (χ2n) is 15.0. The van der Waals surface area contributed by atoms with Gasteiger partial charge in [0.2, 0.25) is 5.91 Å². The van der Waals surface area contributed by atoms with Gasteiger partial charge in [-0.2, -0.15) is 27.0 Å². The molecule has 2 fully saturated rings. The van der Waals surface area contributed by atoms with Gasteiger partial charge in [0.25, 0.3) is 0 Å². The molecule has 0 spiro atoms. The zero-order valence-electron chi connectivity index (χ0n) is 28.0. The average molecular weight is 675 g/mol. The molecule has 0 aromatic heterocycles. The summed E-state index contributed by atoms with van der Waals surface area (Å²) in [6.07, 6.45) is 5.93. The van der Waals surface area contributed by atoms with Crippen molar-refractivity contribution in [2.75, 3.05) is 25.6 Å². The summed E-state index contributed by atoms with van der Waals surface area (Å²) in [4.78, 5) is 11.1. The zero-order valence-corrected chi connectivity index (χ0v) is 28.8. The Labute approximate surface area is 283 Å². The van der Waals surface area contributed by atoms with E-state index in [9.17, 15) is 20.4 Å². The first kappa shape index (κ1) is 44.4. The Morgan fingerprint density at radius 2 is 1.11 bits per heavy atom. The smallest absolute Gasteiger partial charge is 0.246 e. The van der Waals surface area contributed by atoms with Crippen molar-refractivity contribution in [3.05, 3.63) is 35.3 Å². The van der Waals surface area contributed by atoms with Crippen LogP contribution in [0.1, 0.15) is 105 Å². The number of carbonyl (C=O) groups is 1. The van der Waals surface area contributed by atoms with Crippen molar-refractivity contribution in [1.29, 1.82) is 0 Å². The summed E-state index contributed by atoms with van der Waals surface area (Å²) < 4.78 is 16.6. The highest BCUT2D eigenvalue weighted by molar-refractivity contribution is 8.06. The molecule has 0 bridgehead atoms. The van der Waals surface area contributed by atoms with Crippen LogP contribution in [0.25, 0.3) is 0 Å². The van der Waals surface area contributed by atoms with Gasteiger partial charge in [0.1, 0.15) is 30.8 Å². The van der Waals surface area contributed by atoms with Gasteiger partial charge in [0, 0.05) is 16.6 Å². The van der Waals surface area contributed by atoms with E-state index in [4.69, 9.17) is 19.9 Å². The highest BCUT2D eigenvalue weighted by atomic mass is 32.2. The van der Waals surface area contributed by atoms with Crippen molar-refractivity contribution in [2.24, 2.45) is 5.73 Å². The molecule has 0 aromatic rings. The minimum absolute atomic E-state index is 0. The number of nitrogens with zero attached hydrogens (tertiary/aromatic N) is 3. The molecule has 46 heavy (non-hydrogen) atoms. The number of nitrogens with two attached hydrogens (primary N) is 1. The van der Waals surface area contributed by atoms with E-state index in [-0.39, 0.29) is 39.5 Å². The number of thioether (sulfide) groups is 1. The van der Waals surface area contributed by atoms with Crippen LogP contribution >= 0.6 is 11.8 Å². The van der Waals surface area contributed by atoms with E-state index >= 15 is 0 Å². The van der Waals surface area contributed by atoms with Crippen molar-refractivity contribution in [3.8, 4) is 0 Å². The molecule has 0 aliphatic carbocycles. The van der Waals surface area contributed by atoms with E-state index in [1.807, 2.05) is 93.2 Å². The van der Waals surface area contributed by atoms with Gasteiger partial charge >= 0.3 is 0 Å². The zero-order chi connectivity index (χ0) is 33.0. The molecule has 5 heterocycles. The average Bonchev–Trinajstić information content (AvgIpc) is 3.80. The van der Waals surface area contributed by atoms with Crippen LogP contribution in [0.5, 0.6) is 0 Å². The molecule has 0 aromatic carbocycles. The van der Waals surface area contributed by atoms with Crippen molar-refractivity contribution in [2.45, 2.75) is 150 Å². The van der Waals surface area contributed by atoms with Crippen molar-refractivity contribution >= 4 is 17.7 Å². The van der Waals surface area contributed by atoms with Crippen molar-refractivity contribution < 1.29 is 34.6 Å². The molecule has 5 rings (SSSR count). The third kappa shape index (κ3) is 9.49. The maximum absolute atomic E-state index is 11.1. The van der Waals surface area contributed by atoms with Crippen LogP contribution in [-0.2, 0) is 19.0 Å². The summed E-state index contributed by atoms with van der Waals surface area (Å²) in [5, 5.41) is 34.3. The number of amides is 1. The van der Waals surface area contributed by atoms with Crippen LogP contribution in [0.3, 0.4) is 0 Å². The fourth-order valence-corrected chi connectivity index (χ4v) is 6.09. The molecule has 12 heteroatoms. The second-order valence-corrected chi connectivity index (χ2v) is 16.4. The lowest BCUT2D eigenvalue weighted by Gasteiger charge is -2.35. The molecule has 2 saturated heterocycles. The number of hydroxylamine groups is 6. The first-order valence-corrected chi connectivity index (χ1v) is 15.9. The van der Waals surface area contributed by atoms with Crippen molar-refractivity contribution in [1.82, 2.24) is 15.2 Å². The van der Waals surface area contributed by atoms with Crippen LogP contribution in [0.4, 0.5) is 0 Å². The van der Waals surface area contributed by atoms with Gasteiger partial charge in [-0.3, -0.25) is 4.79 Å². The molecule has 11 nitrogen and oxygen atoms in total. The normalized spacial score (nSPS) is 28.5. The monoisotopic (exact) mass is 674 g/mol. The summed E-state index contributed by atoms with van der Waals surface area (Å²) in [6.45, 7) is 25.0. The third-order valence-corrected chi connectivity index (χ3v) is 9.42. The quantitative estimate of drug-likeness (QED) is 0.223. The minimum atomic E-state index is -0.699. The number of ether oxygens (including phenoxy) is 3. The largest absolute Gasteiger partial charge is 0.495 e. The van der Waals surface area contributed by atoms with Gasteiger partial charge in [-0.1, -0.05) is 28.4 Å². The maximum Gasteiger partial charge on any atom is 0.246 e. The molecule has 2 atom stereocenters. The highest BCUT2D eigenvalue weighted by Crippen LogP contribution is 2.41. The van der Waals surface area contributed by atoms with Gasteiger partial charge in [0.15, 0.2) is 0 Å². The summed E-state index contributed by atoms with van der Waals surface area (Å²) >= 11 is 1.92. The fourth-order valence-electron chi connectivity index (χ4n) is 5.70. The molecular formula is C34H66N4O7S. The third-order valence-electron chi connectivity index (χ3n) is 8.48. The van der Waals surface area contributed by atoms with Crippen LogP contribution in [0.15, 0.2) is 35.3 Å². The lowest BCUT2D eigenvalue weighted by atomic mass is 9.96. The number of hydrogen-bond acceptors (Lipinski definition) is 11. The molecule has 270 valence electrons. The van der Waals surface area contributed by atoms with E-state index in [1.54, 1.807) is 19.9 Å². The number of epoxide rings is 1. The lowest BCUT2D eigenvalue weighted by Crippen LogP contribution is -2.49. The summed E-state index contributed by atoms with van der Waals surface area (Å²) in [5.74, 6) is 2.45. The number of rotatable bonds is 7. The Balaban J connectivity index is 0.000000642.